The van der Waals surface area contributed by atoms with Crippen molar-refractivity contribution < 1.29 is 14.5 Å². The van der Waals surface area contributed by atoms with Crippen molar-refractivity contribution >= 4 is 17.3 Å². The number of carbonyl (C=O) groups excluding carboxylic acids is 2. The monoisotopic (exact) mass is 281 g/mol. The van der Waals surface area contributed by atoms with Crippen molar-refractivity contribution in [2.45, 2.75) is 13.3 Å². The molecule has 5 nitrogen and oxygen atoms in total. The number of fused-ring (bicyclic) bond motifs is 2. The van der Waals surface area contributed by atoms with E-state index in [4.69, 9.17) is 0 Å². The first-order valence-electron chi connectivity index (χ1n) is 6.54. The Bertz CT molecular complexity index is 808. The first-order chi connectivity index (χ1) is 10.0. The third-order valence-corrected chi connectivity index (χ3v) is 3.70. The van der Waals surface area contributed by atoms with Crippen LogP contribution in [0.15, 0.2) is 36.4 Å². The molecule has 0 saturated carbocycles. The van der Waals surface area contributed by atoms with Crippen LogP contribution >= 0.6 is 0 Å². The van der Waals surface area contributed by atoms with Crippen LogP contribution in [0.2, 0.25) is 0 Å². The van der Waals surface area contributed by atoms with E-state index < -0.39 is 4.92 Å². The molecule has 0 fully saturated rings. The number of nitrogens with zero attached hydrogens (tertiary/aromatic N) is 1. The summed E-state index contributed by atoms with van der Waals surface area (Å²) >= 11 is 0. The Morgan fingerprint density at radius 3 is 1.95 bits per heavy atom. The van der Waals surface area contributed by atoms with Crippen LogP contribution in [0.5, 0.6) is 0 Å². The fraction of sp³-hybridized carbons (Fsp3) is 0.125. The van der Waals surface area contributed by atoms with Crippen LogP contribution in [0.1, 0.15) is 44.3 Å². The van der Waals surface area contributed by atoms with E-state index >= 15 is 0 Å². The molecular formula is C16H11NO4. The zero-order valence-corrected chi connectivity index (χ0v) is 11.3. The molecule has 104 valence electrons. The highest BCUT2D eigenvalue weighted by Gasteiger charge is 2.32. The molecular weight excluding hydrogens is 270 g/mol. The summed E-state index contributed by atoms with van der Waals surface area (Å²) in [6.45, 7) is 1.78. The van der Waals surface area contributed by atoms with Crippen LogP contribution in [0.4, 0.5) is 5.69 Å². The van der Waals surface area contributed by atoms with Gasteiger partial charge in [0.15, 0.2) is 11.6 Å². The molecule has 0 atom stereocenters. The number of hydrogen-bond donors (Lipinski definition) is 0. The summed E-state index contributed by atoms with van der Waals surface area (Å²) in [7, 11) is 0. The lowest BCUT2D eigenvalue weighted by Crippen LogP contribution is -2.21. The normalized spacial score (nSPS) is 12.8. The van der Waals surface area contributed by atoms with Gasteiger partial charge in [0.2, 0.25) is 0 Å². The lowest BCUT2D eigenvalue weighted by atomic mass is 9.82. The molecule has 2 aromatic rings. The predicted molar refractivity (Wildman–Crippen MR) is 75.8 cm³/mol. The van der Waals surface area contributed by atoms with Crippen molar-refractivity contribution in [2.24, 2.45) is 0 Å². The van der Waals surface area contributed by atoms with Crippen LogP contribution in [-0.2, 0) is 6.42 Å². The van der Waals surface area contributed by atoms with Gasteiger partial charge in [-0.05, 0) is 12.5 Å². The van der Waals surface area contributed by atoms with E-state index in [0.29, 0.717) is 23.1 Å². The van der Waals surface area contributed by atoms with Gasteiger partial charge in [-0.15, -0.1) is 0 Å². The third-order valence-electron chi connectivity index (χ3n) is 3.70. The average molecular weight is 281 g/mol. The van der Waals surface area contributed by atoms with Gasteiger partial charge in [-0.25, -0.2) is 0 Å². The van der Waals surface area contributed by atoms with Crippen molar-refractivity contribution in [1.29, 1.82) is 0 Å². The molecule has 0 saturated heterocycles. The number of nitro groups is 1. The number of carbonyl (C=O) groups is 2. The number of ketones is 2. The van der Waals surface area contributed by atoms with Gasteiger partial charge in [-0.2, -0.15) is 0 Å². The third kappa shape index (κ3) is 1.86. The summed E-state index contributed by atoms with van der Waals surface area (Å²) in [5.74, 6) is -0.601. The molecule has 0 amide bonds. The van der Waals surface area contributed by atoms with Crippen LogP contribution in [0.25, 0.3) is 0 Å². The molecule has 0 bridgehead atoms. The Balaban J connectivity index is 2.30. The van der Waals surface area contributed by atoms with E-state index in [2.05, 4.69) is 0 Å². The molecule has 0 radical (unpaired) electrons. The minimum absolute atomic E-state index is 0.114. The highest BCUT2D eigenvalue weighted by atomic mass is 16.6. The lowest BCUT2D eigenvalue weighted by Gasteiger charge is -2.17. The molecule has 2 aromatic carbocycles. The first-order valence-corrected chi connectivity index (χ1v) is 6.54. The minimum atomic E-state index is -0.516. The van der Waals surface area contributed by atoms with E-state index in [0.717, 1.165) is 0 Å². The summed E-state index contributed by atoms with van der Waals surface area (Å²) in [4.78, 5) is 35.5. The molecule has 0 N–H and O–H groups in total. The topological polar surface area (TPSA) is 77.3 Å². The zero-order chi connectivity index (χ0) is 15.1. The van der Waals surface area contributed by atoms with E-state index in [1.165, 1.54) is 12.1 Å². The number of aryl methyl sites for hydroxylation is 1. The summed E-state index contributed by atoms with van der Waals surface area (Å²) in [6, 6.07) is 9.24. The summed E-state index contributed by atoms with van der Waals surface area (Å²) < 4.78 is 0. The quantitative estimate of drug-likeness (QED) is 0.534. The molecule has 21 heavy (non-hydrogen) atoms. The van der Waals surface area contributed by atoms with Gasteiger partial charge in [-0.1, -0.05) is 31.2 Å². The Morgan fingerprint density at radius 1 is 0.952 bits per heavy atom. The Morgan fingerprint density at radius 2 is 1.48 bits per heavy atom. The molecule has 0 aromatic heterocycles. The van der Waals surface area contributed by atoms with E-state index in [9.17, 15) is 19.7 Å². The zero-order valence-electron chi connectivity index (χ0n) is 11.3. The fourth-order valence-electron chi connectivity index (χ4n) is 2.63. The molecule has 0 unspecified atom stereocenters. The maximum Gasteiger partial charge on any atom is 0.273 e. The number of nitro benzene ring substituents is 1. The highest BCUT2D eigenvalue weighted by Crippen LogP contribution is 2.32. The smallest absolute Gasteiger partial charge is 0.273 e. The SMILES string of the molecule is CCc1cc2c(cc1[N+](=O)[O-])C(=O)c1ccccc1C2=O. The lowest BCUT2D eigenvalue weighted by molar-refractivity contribution is -0.385. The van der Waals surface area contributed by atoms with Crippen LogP contribution < -0.4 is 0 Å². The first kappa shape index (κ1) is 13.2. The Labute approximate surface area is 120 Å². The van der Waals surface area contributed by atoms with Crippen LogP contribution in [0.3, 0.4) is 0 Å². The van der Waals surface area contributed by atoms with Gasteiger partial charge in [0.05, 0.1) is 4.92 Å². The molecule has 0 aliphatic heterocycles. The summed E-state index contributed by atoms with van der Waals surface area (Å²) in [6.07, 6.45) is 0.423. The second kappa shape index (κ2) is 4.63. The molecule has 1 aliphatic carbocycles. The van der Waals surface area contributed by atoms with Crippen molar-refractivity contribution in [1.82, 2.24) is 0 Å². The highest BCUT2D eigenvalue weighted by molar-refractivity contribution is 6.28. The van der Waals surface area contributed by atoms with E-state index in [1.807, 2.05) is 0 Å². The fourth-order valence-corrected chi connectivity index (χ4v) is 2.63. The van der Waals surface area contributed by atoms with Gasteiger partial charge < -0.3 is 0 Å². The van der Waals surface area contributed by atoms with Crippen molar-refractivity contribution in [3.05, 3.63) is 74.3 Å². The summed E-state index contributed by atoms with van der Waals surface area (Å²) in [5, 5.41) is 11.1. The molecule has 0 heterocycles. The van der Waals surface area contributed by atoms with Gasteiger partial charge in [0.1, 0.15) is 0 Å². The maximum atomic E-state index is 12.5. The van der Waals surface area contributed by atoms with Gasteiger partial charge in [0.25, 0.3) is 5.69 Å². The second-order valence-corrected chi connectivity index (χ2v) is 4.84. The number of hydrogen-bond acceptors (Lipinski definition) is 4. The number of benzene rings is 2. The largest absolute Gasteiger partial charge is 0.289 e. The van der Waals surface area contributed by atoms with E-state index in [1.54, 1.807) is 31.2 Å². The van der Waals surface area contributed by atoms with Gasteiger partial charge >= 0.3 is 0 Å². The second-order valence-electron chi connectivity index (χ2n) is 4.84. The van der Waals surface area contributed by atoms with Gasteiger partial charge in [0, 0.05) is 33.9 Å². The molecule has 5 heteroatoms. The molecule has 0 spiro atoms. The molecule has 1 aliphatic rings. The van der Waals surface area contributed by atoms with Crippen LogP contribution in [0, 0.1) is 10.1 Å². The van der Waals surface area contributed by atoms with Crippen molar-refractivity contribution in [3.63, 3.8) is 0 Å². The maximum absolute atomic E-state index is 12.5. The Hall–Kier alpha value is -2.82. The predicted octanol–water partition coefficient (Wildman–Crippen LogP) is 2.93. The van der Waals surface area contributed by atoms with Gasteiger partial charge in [-0.3, -0.25) is 19.7 Å². The minimum Gasteiger partial charge on any atom is -0.289 e. The summed E-state index contributed by atoms with van der Waals surface area (Å²) in [5.41, 5.74) is 1.36. The standard InChI is InChI=1S/C16H11NO4/c1-2-9-7-12-13(8-14(9)17(20)21)16(19)11-6-4-3-5-10(11)15(12)18/h3-8H,2H2,1H3. The van der Waals surface area contributed by atoms with E-state index in [-0.39, 0.29) is 28.4 Å². The van der Waals surface area contributed by atoms with Crippen molar-refractivity contribution in [3.8, 4) is 0 Å². The van der Waals surface area contributed by atoms with Crippen molar-refractivity contribution in [2.75, 3.05) is 0 Å². The number of rotatable bonds is 2. The molecule has 3 rings (SSSR count). The van der Waals surface area contributed by atoms with Crippen LogP contribution in [-0.4, -0.2) is 16.5 Å². The average Bonchev–Trinajstić information content (AvgIpc) is 2.51. The Kier molecular flexibility index (Phi) is 2.90.